The first-order valence-corrected chi connectivity index (χ1v) is 8.55. The first-order chi connectivity index (χ1) is 12.1. The minimum atomic E-state index is -1.01. The number of nitrogens with zero attached hydrogens (tertiary/aromatic N) is 5. The molecule has 2 aromatic heterocycles. The van der Waals surface area contributed by atoms with Crippen molar-refractivity contribution in [2.45, 2.75) is 38.5 Å². The van der Waals surface area contributed by atoms with Crippen molar-refractivity contribution in [3.05, 3.63) is 41.7 Å². The number of hydrogen-bond donors (Lipinski definition) is 2. The summed E-state index contributed by atoms with van der Waals surface area (Å²) >= 11 is 0. The molecular formula is C17H21FN6O. The van der Waals surface area contributed by atoms with Gasteiger partial charge in [-0.1, -0.05) is 6.07 Å². The van der Waals surface area contributed by atoms with E-state index in [2.05, 4.69) is 25.3 Å². The number of nitrogens with one attached hydrogen (secondary N) is 1. The minimum Gasteiger partial charge on any atom is -0.382 e. The Morgan fingerprint density at radius 3 is 3.04 bits per heavy atom. The van der Waals surface area contributed by atoms with Crippen molar-refractivity contribution < 1.29 is 9.50 Å². The standard InChI is InChI=1S/C17H21FN6O/c1-2-24-13-6-3-5-12(18)16(13)20-15(24)10-23-8-4-7-17(25,11-23)14-9-19-22-21-14/h3,5-6,9,25H,2,4,7-8,10-11H2,1H3,(H,19,21,22). The summed E-state index contributed by atoms with van der Waals surface area (Å²) in [5.74, 6) is 0.510. The summed E-state index contributed by atoms with van der Waals surface area (Å²) in [5, 5.41) is 21.4. The van der Waals surface area contributed by atoms with Gasteiger partial charge in [-0.15, -0.1) is 0 Å². The Morgan fingerprint density at radius 2 is 2.28 bits per heavy atom. The van der Waals surface area contributed by atoms with Crippen molar-refractivity contribution in [2.24, 2.45) is 0 Å². The van der Waals surface area contributed by atoms with Gasteiger partial charge in [-0.3, -0.25) is 4.90 Å². The molecule has 0 saturated carbocycles. The zero-order valence-corrected chi connectivity index (χ0v) is 14.1. The Kier molecular flexibility index (Phi) is 4.01. The zero-order chi connectivity index (χ0) is 17.4. The number of aryl methyl sites for hydroxylation is 1. The van der Waals surface area contributed by atoms with E-state index in [0.717, 1.165) is 30.9 Å². The summed E-state index contributed by atoms with van der Waals surface area (Å²) in [6, 6.07) is 5.03. The molecule has 1 fully saturated rings. The van der Waals surface area contributed by atoms with Crippen LogP contribution in [0.5, 0.6) is 0 Å². The predicted molar refractivity (Wildman–Crippen MR) is 90.2 cm³/mol. The van der Waals surface area contributed by atoms with E-state index in [1.54, 1.807) is 12.3 Å². The average Bonchev–Trinajstić information content (AvgIpc) is 3.23. The molecule has 1 saturated heterocycles. The Morgan fingerprint density at radius 1 is 1.40 bits per heavy atom. The molecule has 1 unspecified atom stereocenters. The summed E-state index contributed by atoms with van der Waals surface area (Å²) in [6.07, 6.45) is 3.07. The van der Waals surface area contributed by atoms with Gasteiger partial charge in [-0.05, 0) is 38.4 Å². The Hall–Kier alpha value is -2.32. The van der Waals surface area contributed by atoms with Gasteiger partial charge in [0.05, 0.1) is 18.3 Å². The summed E-state index contributed by atoms with van der Waals surface area (Å²) in [6.45, 7) is 4.61. The van der Waals surface area contributed by atoms with Crippen LogP contribution in [-0.4, -0.2) is 48.1 Å². The number of aromatic amines is 1. The van der Waals surface area contributed by atoms with E-state index < -0.39 is 5.60 Å². The van der Waals surface area contributed by atoms with Gasteiger partial charge in [-0.25, -0.2) is 9.37 Å². The lowest BCUT2D eigenvalue weighted by Gasteiger charge is -2.37. The molecule has 1 aliphatic heterocycles. The van der Waals surface area contributed by atoms with Gasteiger partial charge in [0.25, 0.3) is 0 Å². The second kappa shape index (κ2) is 6.20. The topological polar surface area (TPSA) is 82.9 Å². The van der Waals surface area contributed by atoms with Crippen molar-refractivity contribution in [3.63, 3.8) is 0 Å². The number of aliphatic hydroxyl groups is 1. The van der Waals surface area contributed by atoms with Crippen LogP contribution in [0, 0.1) is 5.82 Å². The van der Waals surface area contributed by atoms with Crippen molar-refractivity contribution in [3.8, 4) is 0 Å². The summed E-state index contributed by atoms with van der Waals surface area (Å²) in [5.41, 5.74) is 0.760. The molecule has 2 N–H and O–H groups in total. The SMILES string of the molecule is CCn1c(CN2CCCC(O)(c3cn[nH]n3)C2)nc2c(F)cccc21. The largest absolute Gasteiger partial charge is 0.382 e. The molecule has 1 aliphatic rings. The quantitative estimate of drug-likeness (QED) is 0.754. The van der Waals surface area contributed by atoms with Gasteiger partial charge in [-0.2, -0.15) is 15.4 Å². The second-order valence-electron chi connectivity index (χ2n) is 6.58. The fraction of sp³-hybridized carbons (Fsp3) is 0.471. The summed E-state index contributed by atoms with van der Waals surface area (Å²) in [4.78, 5) is 6.66. The van der Waals surface area contributed by atoms with Crippen molar-refractivity contribution in [2.75, 3.05) is 13.1 Å². The highest BCUT2D eigenvalue weighted by molar-refractivity contribution is 5.76. The fourth-order valence-corrected chi connectivity index (χ4v) is 3.73. The number of β-amino-alcohol motifs (C(OH)–C–C–N with tert-alkyl or cyclic N) is 1. The molecule has 0 radical (unpaired) electrons. The zero-order valence-electron chi connectivity index (χ0n) is 14.1. The van der Waals surface area contributed by atoms with E-state index in [0.29, 0.717) is 30.7 Å². The van der Waals surface area contributed by atoms with Crippen LogP contribution >= 0.6 is 0 Å². The van der Waals surface area contributed by atoms with E-state index in [1.165, 1.54) is 6.07 Å². The van der Waals surface area contributed by atoms with Crippen LogP contribution in [-0.2, 0) is 18.7 Å². The lowest BCUT2D eigenvalue weighted by Crippen LogP contribution is -2.46. The normalized spacial score (nSPS) is 21.9. The van der Waals surface area contributed by atoms with Crippen molar-refractivity contribution in [1.82, 2.24) is 29.9 Å². The molecule has 1 atom stereocenters. The number of para-hydroxylation sites is 1. The number of fused-ring (bicyclic) bond motifs is 1. The lowest BCUT2D eigenvalue weighted by molar-refractivity contribution is -0.0422. The smallest absolute Gasteiger partial charge is 0.151 e. The molecule has 0 spiro atoms. The highest BCUT2D eigenvalue weighted by Gasteiger charge is 2.37. The number of hydrogen-bond acceptors (Lipinski definition) is 5. The van der Waals surface area contributed by atoms with E-state index in [9.17, 15) is 9.50 Å². The van der Waals surface area contributed by atoms with Gasteiger partial charge in [0.15, 0.2) is 5.82 Å². The van der Waals surface area contributed by atoms with E-state index in [4.69, 9.17) is 0 Å². The predicted octanol–water partition coefficient (Wildman–Crippen LogP) is 1.80. The number of likely N-dealkylation sites (tertiary alicyclic amines) is 1. The van der Waals surface area contributed by atoms with Crippen LogP contribution in [0.4, 0.5) is 4.39 Å². The third-order valence-corrected chi connectivity index (χ3v) is 4.93. The Balaban J connectivity index is 1.62. The Bertz CT molecular complexity index is 877. The van der Waals surface area contributed by atoms with Crippen LogP contribution in [0.1, 0.15) is 31.3 Å². The van der Waals surface area contributed by atoms with Crippen LogP contribution in [0.3, 0.4) is 0 Å². The summed E-state index contributed by atoms with van der Waals surface area (Å²) < 4.78 is 16.1. The molecule has 7 nitrogen and oxygen atoms in total. The van der Waals surface area contributed by atoms with Gasteiger partial charge in [0.2, 0.25) is 0 Å². The van der Waals surface area contributed by atoms with Gasteiger partial charge >= 0.3 is 0 Å². The first-order valence-electron chi connectivity index (χ1n) is 8.55. The monoisotopic (exact) mass is 344 g/mol. The number of piperidine rings is 1. The third-order valence-electron chi connectivity index (χ3n) is 4.93. The molecule has 0 aliphatic carbocycles. The third kappa shape index (κ3) is 2.81. The molecule has 1 aromatic carbocycles. The molecule has 3 heterocycles. The maximum Gasteiger partial charge on any atom is 0.151 e. The van der Waals surface area contributed by atoms with Crippen LogP contribution in [0.25, 0.3) is 11.0 Å². The van der Waals surface area contributed by atoms with Gasteiger partial charge in [0, 0.05) is 13.1 Å². The lowest BCUT2D eigenvalue weighted by atomic mass is 9.90. The molecule has 3 aromatic rings. The number of aromatic nitrogens is 5. The number of imidazole rings is 1. The van der Waals surface area contributed by atoms with E-state index >= 15 is 0 Å². The van der Waals surface area contributed by atoms with Gasteiger partial charge in [0.1, 0.15) is 22.6 Å². The number of benzene rings is 1. The minimum absolute atomic E-state index is 0.302. The molecule has 25 heavy (non-hydrogen) atoms. The molecule has 0 amide bonds. The maximum absolute atomic E-state index is 14.1. The van der Waals surface area contributed by atoms with Crippen molar-refractivity contribution in [1.29, 1.82) is 0 Å². The summed E-state index contributed by atoms with van der Waals surface area (Å²) in [7, 11) is 0. The average molecular weight is 344 g/mol. The number of H-pyrrole nitrogens is 1. The number of halogens is 1. The van der Waals surface area contributed by atoms with E-state index in [-0.39, 0.29) is 5.82 Å². The highest BCUT2D eigenvalue weighted by atomic mass is 19.1. The highest BCUT2D eigenvalue weighted by Crippen LogP contribution is 2.31. The van der Waals surface area contributed by atoms with E-state index in [1.807, 2.05) is 17.6 Å². The van der Waals surface area contributed by atoms with Crippen LogP contribution in [0.15, 0.2) is 24.4 Å². The first kappa shape index (κ1) is 16.2. The van der Waals surface area contributed by atoms with Crippen LogP contribution < -0.4 is 0 Å². The second-order valence-corrected chi connectivity index (χ2v) is 6.58. The van der Waals surface area contributed by atoms with Gasteiger partial charge < -0.3 is 9.67 Å². The molecule has 8 heteroatoms. The molecule has 4 rings (SSSR count). The van der Waals surface area contributed by atoms with Crippen molar-refractivity contribution >= 4 is 11.0 Å². The fourth-order valence-electron chi connectivity index (χ4n) is 3.73. The molecule has 0 bridgehead atoms. The maximum atomic E-state index is 14.1. The number of rotatable bonds is 4. The Labute approximate surface area is 144 Å². The molecule has 132 valence electrons. The van der Waals surface area contributed by atoms with Crippen LogP contribution in [0.2, 0.25) is 0 Å². The molecular weight excluding hydrogens is 323 g/mol.